The van der Waals surface area contributed by atoms with E-state index in [4.69, 9.17) is 18.0 Å². The van der Waals surface area contributed by atoms with Gasteiger partial charge < -0.3 is 10.6 Å². The van der Waals surface area contributed by atoms with E-state index in [9.17, 15) is 0 Å². The van der Waals surface area contributed by atoms with Gasteiger partial charge in [0.05, 0.1) is 0 Å². The Morgan fingerprint density at radius 2 is 2.50 bits per heavy atom. The van der Waals surface area contributed by atoms with Gasteiger partial charge in [-0.25, -0.2) is 0 Å². The molecule has 0 saturated carbocycles. The van der Waals surface area contributed by atoms with E-state index in [0.717, 1.165) is 18.3 Å². The SMILES string of the molecule is CCSC1CCCN(C(N)=S)C1. The van der Waals surface area contributed by atoms with E-state index in [1.165, 1.54) is 18.6 Å². The number of nitrogens with two attached hydrogens (primary N) is 1. The van der Waals surface area contributed by atoms with Crippen molar-refractivity contribution in [2.75, 3.05) is 18.8 Å². The Morgan fingerprint density at radius 3 is 3.08 bits per heavy atom. The summed E-state index contributed by atoms with van der Waals surface area (Å²) in [6.45, 7) is 4.30. The van der Waals surface area contributed by atoms with E-state index < -0.39 is 0 Å². The van der Waals surface area contributed by atoms with Gasteiger partial charge in [0, 0.05) is 18.3 Å². The number of thiocarbonyl (C=S) groups is 1. The molecule has 1 aliphatic rings. The lowest BCUT2D eigenvalue weighted by molar-refractivity contribution is 0.352. The van der Waals surface area contributed by atoms with Crippen molar-refractivity contribution in [2.45, 2.75) is 25.0 Å². The van der Waals surface area contributed by atoms with Crippen LogP contribution in [0.1, 0.15) is 19.8 Å². The zero-order valence-corrected chi connectivity index (χ0v) is 9.09. The molecular formula is C8H16N2S2. The normalized spacial score (nSPS) is 24.1. The standard InChI is InChI=1S/C8H16N2S2/c1-2-12-7-4-3-5-10(6-7)8(9)11/h7H,2-6H2,1H3,(H2,9,11). The molecule has 0 aliphatic carbocycles. The predicted molar refractivity (Wildman–Crippen MR) is 59.5 cm³/mol. The molecule has 0 spiro atoms. The molecule has 2 N–H and O–H groups in total. The van der Waals surface area contributed by atoms with E-state index in [1.807, 2.05) is 11.8 Å². The number of rotatable bonds is 2. The summed E-state index contributed by atoms with van der Waals surface area (Å²) >= 11 is 6.96. The van der Waals surface area contributed by atoms with Crippen LogP contribution in [0.4, 0.5) is 0 Å². The topological polar surface area (TPSA) is 29.3 Å². The highest BCUT2D eigenvalue weighted by molar-refractivity contribution is 7.99. The lowest BCUT2D eigenvalue weighted by Gasteiger charge is -2.32. The molecule has 2 nitrogen and oxygen atoms in total. The summed E-state index contributed by atoms with van der Waals surface area (Å²) in [5.74, 6) is 1.19. The van der Waals surface area contributed by atoms with Gasteiger partial charge in [-0.1, -0.05) is 6.92 Å². The molecule has 12 heavy (non-hydrogen) atoms. The van der Waals surface area contributed by atoms with Crippen LogP contribution in [0.15, 0.2) is 0 Å². The van der Waals surface area contributed by atoms with Crippen molar-refractivity contribution in [3.05, 3.63) is 0 Å². The Kier molecular flexibility index (Phi) is 4.15. The summed E-state index contributed by atoms with van der Waals surface area (Å²) < 4.78 is 0. The molecule has 1 fully saturated rings. The van der Waals surface area contributed by atoms with Crippen LogP contribution in [-0.4, -0.2) is 34.1 Å². The number of hydrogen-bond donors (Lipinski definition) is 1. The number of piperidine rings is 1. The second-order valence-corrected chi connectivity index (χ2v) is 5.00. The largest absolute Gasteiger partial charge is 0.376 e. The summed E-state index contributed by atoms with van der Waals surface area (Å²) in [4.78, 5) is 2.12. The Labute approximate surface area is 83.9 Å². The zero-order valence-electron chi connectivity index (χ0n) is 7.45. The molecule has 0 aromatic carbocycles. The number of hydrogen-bond acceptors (Lipinski definition) is 2. The van der Waals surface area contributed by atoms with Crippen LogP contribution in [-0.2, 0) is 0 Å². The summed E-state index contributed by atoms with van der Waals surface area (Å²) in [7, 11) is 0. The van der Waals surface area contributed by atoms with E-state index in [1.54, 1.807) is 0 Å². The van der Waals surface area contributed by atoms with Gasteiger partial charge in [-0.3, -0.25) is 0 Å². The fraction of sp³-hybridized carbons (Fsp3) is 0.875. The molecule has 1 saturated heterocycles. The molecule has 4 heteroatoms. The minimum absolute atomic E-state index is 0.566. The predicted octanol–water partition coefficient (Wildman–Crippen LogP) is 1.45. The molecule has 1 unspecified atom stereocenters. The van der Waals surface area contributed by atoms with Crippen LogP contribution in [0.3, 0.4) is 0 Å². The molecule has 0 amide bonds. The van der Waals surface area contributed by atoms with E-state index >= 15 is 0 Å². The number of likely N-dealkylation sites (tertiary alicyclic amines) is 1. The summed E-state index contributed by atoms with van der Waals surface area (Å²) in [6.07, 6.45) is 2.55. The zero-order chi connectivity index (χ0) is 8.97. The third-order valence-electron chi connectivity index (χ3n) is 2.09. The summed E-state index contributed by atoms with van der Waals surface area (Å²) in [5, 5.41) is 1.31. The maximum atomic E-state index is 5.57. The highest BCUT2D eigenvalue weighted by Crippen LogP contribution is 2.21. The average Bonchev–Trinajstić information content (AvgIpc) is 2.05. The summed E-state index contributed by atoms with van der Waals surface area (Å²) in [6, 6.07) is 0. The van der Waals surface area contributed by atoms with Crippen molar-refractivity contribution in [2.24, 2.45) is 5.73 Å². The molecule has 0 bridgehead atoms. The molecule has 1 aliphatic heterocycles. The maximum Gasteiger partial charge on any atom is 0.166 e. The van der Waals surface area contributed by atoms with Crippen LogP contribution in [0.25, 0.3) is 0 Å². The molecule has 1 heterocycles. The average molecular weight is 204 g/mol. The Balaban J connectivity index is 2.35. The monoisotopic (exact) mass is 204 g/mol. The second kappa shape index (κ2) is 4.92. The molecule has 0 radical (unpaired) electrons. The van der Waals surface area contributed by atoms with Crippen molar-refractivity contribution < 1.29 is 0 Å². The van der Waals surface area contributed by atoms with Crippen LogP contribution < -0.4 is 5.73 Å². The van der Waals surface area contributed by atoms with Crippen LogP contribution in [0.2, 0.25) is 0 Å². The third-order valence-corrected chi connectivity index (χ3v) is 3.54. The van der Waals surface area contributed by atoms with Gasteiger partial charge in [0.1, 0.15) is 0 Å². The third kappa shape index (κ3) is 2.83. The van der Waals surface area contributed by atoms with Crippen molar-refractivity contribution in [3.8, 4) is 0 Å². The van der Waals surface area contributed by atoms with E-state index in [0.29, 0.717) is 5.11 Å². The molecular weight excluding hydrogens is 188 g/mol. The first-order valence-electron chi connectivity index (χ1n) is 4.40. The van der Waals surface area contributed by atoms with Gasteiger partial charge in [-0.15, -0.1) is 0 Å². The Hall–Kier alpha value is 0.0400. The van der Waals surface area contributed by atoms with E-state index in [-0.39, 0.29) is 0 Å². The van der Waals surface area contributed by atoms with Gasteiger partial charge in [-0.05, 0) is 30.8 Å². The minimum Gasteiger partial charge on any atom is -0.376 e. The van der Waals surface area contributed by atoms with Gasteiger partial charge in [-0.2, -0.15) is 11.8 Å². The molecule has 1 atom stereocenters. The van der Waals surface area contributed by atoms with Crippen molar-refractivity contribution in [3.63, 3.8) is 0 Å². The second-order valence-electron chi connectivity index (χ2n) is 3.00. The first-order chi connectivity index (χ1) is 5.74. The minimum atomic E-state index is 0.566. The first kappa shape index (κ1) is 10.1. The molecule has 70 valence electrons. The van der Waals surface area contributed by atoms with Gasteiger partial charge >= 0.3 is 0 Å². The van der Waals surface area contributed by atoms with Gasteiger partial charge in [0.25, 0.3) is 0 Å². The van der Waals surface area contributed by atoms with Crippen molar-refractivity contribution >= 4 is 29.1 Å². The quantitative estimate of drug-likeness (QED) is 0.689. The van der Waals surface area contributed by atoms with Crippen LogP contribution >= 0.6 is 24.0 Å². The highest BCUT2D eigenvalue weighted by atomic mass is 32.2. The molecule has 0 aromatic heterocycles. The molecule has 0 aromatic rings. The van der Waals surface area contributed by atoms with Crippen molar-refractivity contribution in [1.29, 1.82) is 0 Å². The fourth-order valence-electron chi connectivity index (χ4n) is 1.51. The van der Waals surface area contributed by atoms with Gasteiger partial charge in [0.2, 0.25) is 0 Å². The lowest BCUT2D eigenvalue weighted by atomic mass is 10.1. The van der Waals surface area contributed by atoms with Crippen LogP contribution in [0.5, 0.6) is 0 Å². The lowest BCUT2D eigenvalue weighted by Crippen LogP contribution is -2.43. The first-order valence-corrected chi connectivity index (χ1v) is 5.85. The highest BCUT2D eigenvalue weighted by Gasteiger charge is 2.19. The Bertz CT molecular complexity index is 159. The maximum absolute atomic E-state index is 5.57. The molecule has 1 rings (SSSR count). The number of thioether (sulfide) groups is 1. The van der Waals surface area contributed by atoms with Gasteiger partial charge in [0.15, 0.2) is 5.11 Å². The smallest absolute Gasteiger partial charge is 0.166 e. The Morgan fingerprint density at radius 1 is 1.75 bits per heavy atom. The number of nitrogens with zero attached hydrogens (tertiary/aromatic N) is 1. The van der Waals surface area contributed by atoms with Crippen molar-refractivity contribution in [1.82, 2.24) is 4.90 Å². The summed E-state index contributed by atoms with van der Waals surface area (Å²) in [5.41, 5.74) is 5.57. The van der Waals surface area contributed by atoms with Crippen LogP contribution in [0, 0.1) is 0 Å². The fourth-order valence-corrected chi connectivity index (χ4v) is 2.77. The van der Waals surface area contributed by atoms with E-state index in [2.05, 4.69) is 11.8 Å².